The molecule has 2 bridgehead atoms. The fraction of sp³-hybridized carbons (Fsp3) is 0.619. The van der Waals surface area contributed by atoms with Gasteiger partial charge >= 0.3 is 0 Å². The minimum absolute atomic E-state index is 0.0908. The molecule has 4 rings (SSSR count). The van der Waals surface area contributed by atoms with Crippen LogP contribution in [-0.4, -0.2) is 41.7 Å². The Morgan fingerprint density at radius 2 is 2.12 bits per heavy atom. The van der Waals surface area contributed by atoms with Crippen molar-refractivity contribution in [3.8, 4) is 11.8 Å². The van der Waals surface area contributed by atoms with Gasteiger partial charge in [-0.1, -0.05) is 6.07 Å². The largest absolute Gasteiger partial charge is 0.508 e. The summed E-state index contributed by atoms with van der Waals surface area (Å²) >= 11 is 0. The number of fused-ring (bicyclic) bond motifs is 4. The molecule has 2 unspecified atom stereocenters. The quantitative estimate of drug-likeness (QED) is 0.886. The second-order valence-corrected chi connectivity index (χ2v) is 8.09. The number of ether oxygens (including phenoxy) is 1. The zero-order valence-corrected chi connectivity index (χ0v) is 15.3. The number of carbonyl (C=O) groups is 1. The number of nitriles is 1. The topological polar surface area (TPSA) is 73.6 Å². The van der Waals surface area contributed by atoms with Crippen molar-refractivity contribution in [3.05, 3.63) is 29.3 Å². The maximum atomic E-state index is 13.2. The molecule has 5 heteroatoms. The SMILES string of the molecule is COC1CCC(C(=O)N2CCC3(C#N)CC2Cc2ccc(O)cc23)CC1. The Labute approximate surface area is 154 Å². The fourth-order valence-corrected chi connectivity index (χ4v) is 5.21. The first-order chi connectivity index (χ1) is 12.6. The molecule has 5 nitrogen and oxygen atoms in total. The summed E-state index contributed by atoms with van der Waals surface area (Å²) in [6.07, 6.45) is 6.10. The second-order valence-electron chi connectivity index (χ2n) is 8.09. The number of hydrogen-bond acceptors (Lipinski definition) is 4. The predicted octanol–water partition coefficient (Wildman–Crippen LogP) is 2.91. The van der Waals surface area contributed by atoms with E-state index in [0.29, 0.717) is 25.5 Å². The van der Waals surface area contributed by atoms with Crippen molar-refractivity contribution in [2.45, 2.75) is 62.5 Å². The highest BCUT2D eigenvalue weighted by Gasteiger charge is 2.48. The Kier molecular flexibility index (Phi) is 4.40. The van der Waals surface area contributed by atoms with Crippen molar-refractivity contribution in [2.24, 2.45) is 5.92 Å². The van der Waals surface area contributed by atoms with E-state index in [9.17, 15) is 15.2 Å². The maximum Gasteiger partial charge on any atom is 0.225 e. The first-order valence-electron chi connectivity index (χ1n) is 9.63. The summed E-state index contributed by atoms with van der Waals surface area (Å²) in [4.78, 5) is 15.2. The molecular formula is C21H26N2O3. The summed E-state index contributed by atoms with van der Waals surface area (Å²) in [5, 5.41) is 19.8. The molecule has 1 saturated carbocycles. The number of nitrogens with zero attached hydrogens (tertiary/aromatic N) is 2. The van der Waals surface area contributed by atoms with Crippen LogP contribution in [0.25, 0.3) is 0 Å². The molecule has 26 heavy (non-hydrogen) atoms. The number of aromatic hydroxyl groups is 1. The van der Waals surface area contributed by atoms with Crippen molar-refractivity contribution >= 4 is 5.91 Å². The normalized spacial score (nSPS) is 33.2. The van der Waals surface area contributed by atoms with Crippen LogP contribution < -0.4 is 0 Å². The van der Waals surface area contributed by atoms with Gasteiger partial charge in [0.15, 0.2) is 0 Å². The molecule has 1 aliphatic heterocycles. The molecule has 138 valence electrons. The highest BCUT2D eigenvalue weighted by Crippen LogP contribution is 2.46. The Balaban J connectivity index is 1.55. The summed E-state index contributed by atoms with van der Waals surface area (Å²) in [5.74, 6) is 0.570. The number of rotatable bonds is 2. The molecule has 1 saturated heterocycles. The van der Waals surface area contributed by atoms with E-state index in [1.165, 1.54) is 0 Å². The number of phenols is 1. The third kappa shape index (κ3) is 2.77. The van der Waals surface area contributed by atoms with Crippen molar-refractivity contribution in [3.63, 3.8) is 0 Å². The van der Waals surface area contributed by atoms with Gasteiger partial charge in [-0.3, -0.25) is 4.79 Å². The summed E-state index contributed by atoms with van der Waals surface area (Å²) in [5.41, 5.74) is 1.49. The molecule has 2 aliphatic carbocycles. The van der Waals surface area contributed by atoms with Gasteiger partial charge in [0, 0.05) is 25.6 Å². The lowest BCUT2D eigenvalue weighted by Crippen LogP contribution is -2.56. The number of carbonyl (C=O) groups excluding carboxylic acids is 1. The zero-order valence-electron chi connectivity index (χ0n) is 15.3. The Hall–Kier alpha value is -2.06. The van der Waals surface area contributed by atoms with Crippen LogP contribution >= 0.6 is 0 Å². The molecule has 2 atom stereocenters. The van der Waals surface area contributed by atoms with Crippen LogP contribution in [0.5, 0.6) is 5.75 Å². The first kappa shape index (κ1) is 17.4. The van der Waals surface area contributed by atoms with Crippen LogP contribution in [-0.2, 0) is 21.4 Å². The fourth-order valence-electron chi connectivity index (χ4n) is 5.21. The molecule has 3 aliphatic rings. The Morgan fingerprint density at radius 1 is 1.35 bits per heavy atom. The molecule has 0 radical (unpaired) electrons. The number of likely N-dealkylation sites (tertiary alicyclic amines) is 1. The third-order valence-electron chi connectivity index (χ3n) is 6.72. The van der Waals surface area contributed by atoms with E-state index in [2.05, 4.69) is 6.07 Å². The van der Waals surface area contributed by atoms with E-state index in [4.69, 9.17) is 4.74 Å². The third-order valence-corrected chi connectivity index (χ3v) is 6.72. The van der Waals surface area contributed by atoms with Crippen LogP contribution in [0, 0.1) is 17.2 Å². The van der Waals surface area contributed by atoms with Gasteiger partial charge in [0.25, 0.3) is 0 Å². The molecule has 1 aromatic rings. The van der Waals surface area contributed by atoms with Crippen LogP contribution in [0.2, 0.25) is 0 Å². The molecule has 1 N–H and O–H groups in total. The summed E-state index contributed by atoms with van der Waals surface area (Å²) < 4.78 is 5.43. The molecule has 1 amide bonds. The Morgan fingerprint density at radius 3 is 2.81 bits per heavy atom. The van der Waals surface area contributed by atoms with Gasteiger partial charge in [-0.15, -0.1) is 0 Å². The van der Waals surface area contributed by atoms with Gasteiger partial charge in [-0.05, 0) is 68.2 Å². The first-order valence-corrected chi connectivity index (χ1v) is 9.63. The van der Waals surface area contributed by atoms with E-state index >= 15 is 0 Å². The summed E-state index contributed by atoms with van der Waals surface area (Å²) in [7, 11) is 1.75. The average Bonchev–Trinajstić information content (AvgIpc) is 2.68. The maximum absolute atomic E-state index is 13.2. The molecule has 2 fully saturated rings. The molecule has 0 aromatic heterocycles. The number of methoxy groups -OCH3 is 1. The van der Waals surface area contributed by atoms with Gasteiger partial charge in [0.05, 0.1) is 17.6 Å². The number of amides is 1. The lowest BCUT2D eigenvalue weighted by atomic mass is 9.64. The summed E-state index contributed by atoms with van der Waals surface area (Å²) in [6.45, 7) is 0.635. The van der Waals surface area contributed by atoms with Crippen molar-refractivity contribution in [1.82, 2.24) is 4.90 Å². The van der Waals surface area contributed by atoms with E-state index in [1.54, 1.807) is 19.2 Å². The zero-order chi connectivity index (χ0) is 18.3. The van der Waals surface area contributed by atoms with Crippen LogP contribution in [0.4, 0.5) is 0 Å². The van der Waals surface area contributed by atoms with Gasteiger partial charge in [-0.25, -0.2) is 0 Å². The van der Waals surface area contributed by atoms with Crippen LogP contribution in [0.3, 0.4) is 0 Å². The number of piperidine rings is 1. The molecule has 1 aromatic carbocycles. The van der Waals surface area contributed by atoms with E-state index in [1.807, 2.05) is 11.0 Å². The number of hydrogen-bond donors (Lipinski definition) is 1. The van der Waals surface area contributed by atoms with Crippen LogP contribution in [0.15, 0.2) is 18.2 Å². The lowest BCUT2D eigenvalue weighted by molar-refractivity contribution is -0.142. The standard InChI is InChI=1S/C21H26N2O3/c1-26-18-6-3-14(4-7-18)20(25)23-9-8-21(13-22)12-16(23)10-15-2-5-17(24)11-19(15)21/h2,5,11,14,16,18,24H,3-4,6-10,12H2,1H3. The molecule has 0 spiro atoms. The van der Waals surface area contributed by atoms with Gasteiger partial charge < -0.3 is 14.7 Å². The monoisotopic (exact) mass is 354 g/mol. The van der Waals surface area contributed by atoms with Gasteiger partial charge in [-0.2, -0.15) is 5.26 Å². The number of benzene rings is 1. The van der Waals surface area contributed by atoms with E-state index in [0.717, 1.165) is 43.2 Å². The van der Waals surface area contributed by atoms with E-state index in [-0.39, 0.29) is 23.6 Å². The minimum Gasteiger partial charge on any atom is -0.508 e. The van der Waals surface area contributed by atoms with Crippen LogP contribution in [0.1, 0.15) is 49.7 Å². The van der Waals surface area contributed by atoms with E-state index < -0.39 is 5.41 Å². The summed E-state index contributed by atoms with van der Waals surface area (Å²) in [6, 6.07) is 7.96. The van der Waals surface area contributed by atoms with Gasteiger partial charge in [0.2, 0.25) is 5.91 Å². The van der Waals surface area contributed by atoms with Crippen molar-refractivity contribution in [2.75, 3.05) is 13.7 Å². The lowest BCUT2D eigenvalue weighted by Gasteiger charge is -2.49. The highest BCUT2D eigenvalue weighted by molar-refractivity contribution is 5.79. The smallest absolute Gasteiger partial charge is 0.225 e. The average molecular weight is 354 g/mol. The minimum atomic E-state index is -0.568. The van der Waals surface area contributed by atoms with Gasteiger partial charge in [0.1, 0.15) is 5.75 Å². The molecular weight excluding hydrogens is 328 g/mol. The second kappa shape index (κ2) is 6.59. The number of phenolic OH excluding ortho intramolecular Hbond substituents is 1. The molecule has 1 heterocycles. The highest BCUT2D eigenvalue weighted by atomic mass is 16.5. The van der Waals surface area contributed by atoms with Crippen molar-refractivity contribution in [1.29, 1.82) is 5.26 Å². The predicted molar refractivity (Wildman–Crippen MR) is 96.6 cm³/mol. The van der Waals surface area contributed by atoms with Crippen molar-refractivity contribution < 1.29 is 14.6 Å². The Bertz CT molecular complexity index is 748.